The van der Waals surface area contributed by atoms with Gasteiger partial charge in [-0.3, -0.25) is 9.59 Å². The molecule has 1 atom stereocenters. The summed E-state index contributed by atoms with van der Waals surface area (Å²) in [5, 5.41) is 11.0. The van der Waals surface area contributed by atoms with E-state index in [0.29, 0.717) is 19.5 Å². The van der Waals surface area contributed by atoms with Crippen LogP contribution in [0.15, 0.2) is 60.7 Å². The van der Waals surface area contributed by atoms with Crippen molar-refractivity contribution in [3.8, 4) is 0 Å². The van der Waals surface area contributed by atoms with Gasteiger partial charge in [0.2, 0.25) is 11.8 Å². The lowest BCUT2D eigenvalue weighted by Crippen LogP contribution is -2.44. The van der Waals surface area contributed by atoms with Gasteiger partial charge < -0.3 is 19.8 Å². The second kappa shape index (κ2) is 9.84. The number of benzene rings is 2. The van der Waals surface area contributed by atoms with Crippen LogP contribution in [0.1, 0.15) is 31.2 Å². The Bertz CT molecular complexity index is 910. The molecule has 0 radical (unpaired) electrons. The molecule has 2 aliphatic rings. The molecule has 2 aromatic carbocycles. The molecule has 2 heterocycles. The summed E-state index contributed by atoms with van der Waals surface area (Å²) in [6.45, 7) is 3.67. The van der Waals surface area contributed by atoms with Gasteiger partial charge in [0.1, 0.15) is 0 Å². The number of aliphatic hydroxyl groups is 1. The maximum absolute atomic E-state index is 13.3. The number of rotatable bonds is 7. The fraction of sp³-hybridized carbons (Fsp3) is 0.462. The molecule has 2 aliphatic heterocycles. The second-order valence-electron chi connectivity index (χ2n) is 9.09. The van der Waals surface area contributed by atoms with Crippen molar-refractivity contribution in [3.63, 3.8) is 0 Å². The third-order valence-electron chi connectivity index (χ3n) is 6.87. The van der Waals surface area contributed by atoms with E-state index < -0.39 is 5.60 Å². The molecule has 0 spiro atoms. The number of carbonyl (C=O) groups excluding carboxylic acids is 2. The van der Waals surface area contributed by atoms with Crippen molar-refractivity contribution in [2.24, 2.45) is 5.92 Å². The molecule has 6 nitrogen and oxygen atoms in total. The highest BCUT2D eigenvalue weighted by molar-refractivity contribution is 5.98. The van der Waals surface area contributed by atoms with Gasteiger partial charge in [-0.15, -0.1) is 0 Å². The minimum absolute atomic E-state index is 0.0333. The first-order valence-corrected chi connectivity index (χ1v) is 11.6. The zero-order chi connectivity index (χ0) is 22.6. The van der Waals surface area contributed by atoms with Crippen molar-refractivity contribution < 1.29 is 14.7 Å². The topological polar surface area (TPSA) is 64.1 Å². The first kappa shape index (κ1) is 22.5. The van der Waals surface area contributed by atoms with Gasteiger partial charge in [-0.25, -0.2) is 0 Å². The first-order chi connectivity index (χ1) is 15.5. The Hall–Kier alpha value is -2.70. The number of nitrogens with zero attached hydrogens (tertiary/aromatic N) is 3. The molecule has 0 aromatic heterocycles. The van der Waals surface area contributed by atoms with Crippen LogP contribution in [0.5, 0.6) is 0 Å². The molecule has 1 unspecified atom stereocenters. The molecule has 2 fully saturated rings. The van der Waals surface area contributed by atoms with Crippen LogP contribution in [0, 0.1) is 5.92 Å². The van der Waals surface area contributed by atoms with Gasteiger partial charge in [-0.1, -0.05) is 48.5 Å². The van der Waals surface area contributed by atoms with Gasteiger partial charge in [-0.2, -0.15) is 0 Å². The van der Waals surface area contributed by atoms with Gasteiger partial charge in [0.15, 0.2) is 0 Å². The van der Waals surface area contributed by atoms with E-state index in [4.69, 9.17) is 0 Å². The SMILES string of the molecule is CN1CC(C(=O)N(CCCN2CCC(O)(c3ccccc3)CC2)c2ccccc2)CC1=O. The summed E-state index contributed by atoms with van der Waals surface area (Å²) in [5.74, 6) is -0.204. The molecule has 0 saturated carbocycles. The molecule has 32 heavy (non-hydrogen) atoms. The van der Waals surface area contributed by atoms with Crippen LogP contribution in [0.3, 0.4) is 0 Å². The predicted molar refractivity (Wildman–Crippen MR) is 125 cm³/mol. The first-order valence-electron chi connectivity index (χ1n) is 11.6. The normalized spacial score (nSPS) is 21.0. The van der Waals surface area contributed by atoms with Crippen molar-refractivity contribution >= 4 is 17.5 Å². The lowest BCUT2D eigenvalue weighted by atomic mass is 9.84. The number of piperidine rings is 1. The summed E-state index contributed by atoms with van der Waals surface area (Å²) in [4.78, 5) is 31.1. The summed E-state index contributed by atoms with van der Waals surface area (Å²) in [5.41, 5.74) is 1.14. The molecule has 2 saturated heterocycles. The van der Waals surface area contributed by atoms with Crippen LogP contribution in [0.25, 0.3) is 0 Å². The average Bonchev–Trinajstić information content (AvgIpc) is 3.17. The highest BCUT2D eigenvalue weighted by Crippen LogP contribution is 2.32. The lowest BCUT2D eigenvalue weighted by Gasteiger charge is -2.38. The standard InChI is InChI=1S/C26H33N3O3/c1-27-20-21(19-24(27)30)25(31)29(23-11-6-3-7-12-23)16-8-15-28-17-13-26(32,14-18-28)22-9-4-2-5-10-22/h2-7,9-12,21,32H,8,13-20H2,1H3. The quantitative estimate of drug-likeness (QED) is 0.726. The van der Waals surface area contributed by atoms with E-state index in [2.05, 4.69) is 4.90 Å². The van der Waals surface area contributed by atoms with Crippen LogP contribution in [-0.2, 0) is 15.2 Å². The Morgan fingerprint density at radius 2 is 1.69 bits per heavy atom. The number of hydrogen-bond acceptors (Lipinski definition) is 4. The molecule has 2 aromatic rings. The number of hydrogen-bond donors (Lipinski definition) is 1. The van der Waals surface area contributed by atoms with E-state index in [-0.39, 0.29) is 17.7 Å². The highest BCUT2D eigenvalue weighted by atomic mass is 16.3. The Balaban J connectivity index is 1.33. The molecule has 0 aliphatic carbocycles. The summed E-state index contributed by atoms with van der Waals surface area (Å²) in [6.07, 6.45) is 2.58. The van der Waals surface area contributed by atoms with Crippen molar-refractivity contribution in [2.75, 3.05) is 44.7 Å². The van der Waals surface area contributed by atoms with Crippen molar-refractivity contribution in [1.29, 1.82) is 0 Å². The zero-order valence-corrected chi connectivity index (χ0v) is 18.8. The second-order valence-corrected chi connectivity index (χ2v) is 9.09. The van der Waals surface area contributed by atoms with E-state index in [0.717, 1.165) is 50.1 Å². The average molecular weight is 436 g/mol. The van der Waals surface area contributed by atoms with Gasteiger partial charge in [0.05, 0.1) is 11.5 Å². The van der Waals surface area contributed by atoms with Crippen LogP contribution in [-0.4, -0.2) is 66.5 Å². The molecular weight excluding hydrogens is 402 g/mol. The number of amides is 2. The minimum atomic E-state index is -0.745. The highest BCUT2D eigenvalue weighted by Gasteiger charge is 2.36. The van der Waals surface area contributed by atoms with Crippen molar-refractivity contribution in [2.45, 2.75) is 31.3 Å². The third-order valence-corrected chi connectivity index (χ3v) is 6.87. The van der Waals surface area contributed by atoms with Gasteiger partial charge in [0.25, 0.3) is 0 Å². The minimum Gasteiger partial charge on any atom is -0.385 e. The number of carbonyl (C=O) groups is 2. The number of para-hydroxylation sites is 1. The summed E-state index contributed by atoms with van der Waals surface area (Å²) < 4.78 is 0. The molecule has 170 valence electrons. The van der Waals surface area contributed by atoms with E-state index in [9.17, 15) is 14.7 Å². The molecule has 2 amide bonds. The Morgan fingerprint density at radius 1 is 1.06 bits per heavy atom. The number of likely N-dealkylation sites (tertiary alicyclic amines) is 2. The monoisotopic (exact) mass is 435 g/mol. The third kappa shape index (κ3) is 5.03. The van der Waals surface area contributed by atoms with Gasteiger partial charge >= 0.3 is 0 Å². The zero-order valence-electron chi connectivity index (χ0n) is 18.8. The van der Waals surface area contributed by atoms with Gasteiger partial charge in [-0.05, 0) is 43.5 Å². The fourth-order valence-corrected chi connectivity index (χ4v) is 4.86. The van der Waals surface area contributed by atoms with Crippen LogP contribution in [0.2, 0.25) is 0 Å². The summed E-state index contributed by atoms with van der Waals surface area (Å²) in [6, 6.07) is 19.7. The largest absolute Gasteiger partial charge is 0.385 e. The van der Waals surface area contributed by atoms with E-state index in [1.54, 1.807) is 11.9 Å². The van der Waals surface area contributed by atoms with Gasteiger partial charge in [0, 0.05) is 45.3 Å². The molecular formula is C26H33N3O3. The van der Waals surface area contributed by atoms with Crippen LogP contribution < -0.4 is 4.90 Å². The summed E-state index contributed by atoms with van der Waals surface area (Å²) >= 11 is 0. The predicted octanol–water partition coefficient (Wildman–Crippen LogP) is 2.87. The van der Waals surface area contributed by atoms with E-state index in [1.165, 1.54) is 0 Å². The Labute approximate surface area is 190 Å². The van der Waals surface area contributed by atoms with Crippen LogP contribution >= 0.6 is 0 Å². The van der Waals surface area contributed by atoms with Crippen LogP contribution in [0.4, 0.5) is 5.69 Å². The maximum atomic E-state index is 13.3. The number of anilines is 1. The Kier molecular flexibility index (Phi) is 6.92. The van der Waals surface area contributed by atoms with Crippen molar-refractivity contribution in [1.82, 2.24) is 9.80 Å². The fourth-order valence-electron chi connectivity index (χ4n) is 4.86. The van der Waals surface area contributed by atoms with E-state index in [1.807, 2.05) is 65.6 Å². The van der Waals surface area contributed by atoms with Crippen molar-refractivity contribution in [3.05, 3.63) is 66.2 Å². The molecule has 0 bridgehead atoms. The van der Waals surface area contributed by atoms with E-state index >= 15 is 0 Å². The molecule has 6 heteroatoms. The smallest absolute Gasteiger partial charge is 0.232 e. The Morgan fingerprint density at radius 3 is 2.28 bits per heavy atom. The molecule has 4 rings (SSSR count). The maximum Gasteiger partial charge on any atom is 0.232 e. The summed E-state index contributed by atoms with van der Waals surface area (Å²) in [7, 11) is 1.76. The lowest BCUT2D eigenvalue weighted by molar-refractivity contribution is -0.127. The molecule has 1 N–H and O–H groups in total.